The molecule has 111 valence electrons. The molecule has 0 bridgehead atoms. The molecule has 0 saturated carbocycles. The van der Waals surface area contributed by atoms with Gasteiger partial charge in [0.2, 0.25) is 0 Å². The Hall–Kier alpha value is 1.64. The maximum atomic E-state index is 2.29. The van der Waals surface area contributed by atoms with Crippen LogP contribution in [0.3, 0.4) is 0 Å². The molecule has 0 aliphatic heterocycles. The monoisotopic (exact) mass is 293 g/mol. The Bertz CT molecular complexity index is 118. The van der Waals surface area contributed by atoms with E-state index in [0.29, 0.717) is 0 Å². The molecular weight excluding hydrogens is 255 g/mol. The minimum absolute atomic E-state index is 0. The summed E-state index contributed by atoms with van der Waals surface area (Å²) in [6.45, 7) is 4.59. The molecule has 0 aliphatic rings. The number of unbranched alkanes of at least 4 members (excludes halogenated alkanes) is 15. The second-order valence-electron chi connectivity index (χ2n) is 5.95. The van der Waals surface area contributed by atoms with Crippen LogP contribution in [0.25, 0.3) is 0 Å². The Balaban J connectivity index is 0. The van der Waals surface area contributed by atoms with Gasteiger partial charge in [0.15, 0.2) is 0 Å². The first-order valence-corrected chi connectivity index (χ1v) is 8.91. The molecule has 0 aromatic carbocycles. The molecule has 0 spiro atoms. The molecule has 0 unspecified atom stereocenters. The molecule has 0 rings (SSSR count). The van der Waals surface area contributed by atoms with E-state index < -0.39 is 0 Å². The van der Waals surface area contributed by atoms with Crippen molar-refractivity contribution >= 4 is 51.4 Å². The maximum absolute atomic E-state index is 2.29. The van der Waals surface area contributed by atoms with Gasteiger partial charge in [0.05, 0.1) is 0 Å². The largest absolute Gasteiger partial charge is 0.0654 e. The fourth-order valence-electron chi connectivity index (χ4n) is 2.62. The molecule has 0 heterocycles. The van der Waals surface area contributed by atoms with Gasteiger partial charge >= 0.3 is 0 Å². The maximum Gasteiger partial charge on any atom is 0 e. The van der Waals surface area contributed by atoms with Crippen LogP contribution in [0.5, 0.6) is 0 Å². The van der Waals surface area contributed by atoms with Gasteiger partial charge in [-0.3, -0.25) is 0 Å². The molecule has 0 aromatic heterocycles. The van der Waals surface area contributed by atoms with Crippen molar-refractivity contribution in [1.82, 2.24) is 0 Å². The summed E-state index contributed by atoms with van der Waals surface area (Å²) in [5, 5.41) is 0. The molecule has 0 fully saturated rings. The average Bonchev–Trinajstić information content (AvgIpc) is 2.39. The van der Waals surface area contributed by atoms with Crippen molar-refractivity contribution in [2.45, 2.75) is 117 Å². The first kappa shape index (κ1) is 22.9. The van der Waals surface area contributed by atoms with Crippen molar-refractivity contribution in [3.05, 3.63) is 0 Å². The fraction of sp³-hybridized carbons (Fsp3) is 1.00. The minimum atomic E-state index is 0. The van der Waals surface area contributed by atoms with Crippen molar-refractivity contribution in [1.29, 1.82) is 0 Å². The van der Waals surface area contributed by atoms with E-state index in [0.717, 1.165) is 0 Å². The van der Waals surface area contributed by atoms with Gasteiger partial charge in [-0.25, -0.2) is 0 Å². The second kappa shape index (κ2) is 21.9. The van der Waals surface area contributed by atoms with Gasteiger partial charge in [-0.05, 0) is 0 Å². The molecule has 1 radical (unpaired) electrons. The van der Waals surface area contributed by atoms with Gasteiger partial charge < -0.3 is 0 Å². The summed E-state index contributed by atoms with van der Waals surface area (Å²) in [5.74, 6) is 0. The summed E-state index contributed by atoms with van der Waals surface area (Å²) < 4.78 is 0. The summed E-state index contributed by atoms with van der Waals surface area (Å²) in [6, 6.07) is 0. The number of hydrogen-bond acceptors (Lipinski definition) is 0. The Morgan fingerprint density at radius 1 is 0.316 bits per heavy atom. The predicted octanol–water partition coefficient (Wildman–Crippen LogP) is 6.89. The first-order chi connectivity index (χ1) is 8.91. The molecular formula is C18H38K. The SMILES string of the molecule is CCCCCCCCCCCCCCCCCC.[K]. The molecule has 0 amide bonds. The predicted molar refractivity (Wildman–Crippen MR) is 91.0 cm³/mol. The van der Waals surface area contributed by atoms with Crippen molar-refractivity contribution < 1.29 is 0 Å². The molecule has 0 atom stereocenters. The summed E-state index contributed by atoms with van der Waals surface area (Å²) in [4.78, 5) is 0. The zero-order valence-corrected chi connectivity index (χ0v) is 17.4. The third kappa shape index (κ3) is 22.1. The molecule has 0 N–H and O–H groups in total. The van der Waals surface area contributed by atoms with Crippen LogP contribution in [-0.2, 0) is 0 Å². The van der Waals surface area contributed by atoms with Crippen LogP contribution in [0.2, 0.25) is 0 Å². The third-order valence-corrected chi connectivity index (χ3v) is 3.96. The van der Waals surface area contributed by atoms with Crippen molar-refractivity contribution in [3.63, 3.8) is 0 Å². The Labute approximate surface area is 166 Å². The first-order valence-electron chi connectivity index (χ1n) is 8.91. The second-order valence-corrected chi connectivity index (χ2v) is 5.95. The van der Waals surface area contributed by atoms with Crippen molar-refractivity contribution in [2.24, 2.45) is 0 Å². The van der Waals surface area contributed by atoms with Crippen LogP contribution in [-0.4, -0.2) is 51.4 Å². The Morgan fingerprint density at radius 2 is 0.474 bits per heavy atom. The van der Waals surface area contributed by atoms with E-state index in [1.165, 1.54) is 103 Å². The molecule has 0 nitrogen and oxygen atoms in total. The standard InChI is InChI=1S/C18H38.K/c1-3-5-7-9-11-13-15-17-18-16-14-12-10-8-6-4-2;/h3-18H2,1-2H3;. The van der Waals surface area contributed by atoms with Crippen LogP contribution in [0.15, 0.2) is 0 Å². The smallest absolute Gasteiger partial charge is 0 e. The van der Waals surface area contributed by atoms with E-state index in [1.54, 1.807) is 0 Å². The van der Waals surface area contributed by atoms with Crippen molar-refractivity contribution in [2.75, 3.05) is 0 Å². The van der Waals surface area contributed by atoms with E-state index in [-0.39, 0.29) is 51.4 Å². The molecule has 0 saturated heterocycles. The van der Waals surface area contributed by atoms with Crippen LogP contribution < -0.4 is 0 Å². The van der Waals surface area contributed by atoms with Gasteiger partial charge in [0, 0.05) is 51.4 Å². The topological polar surface area (TPSA) is 0 Å². The fourth-order valence-corrected chi connectivity index (χ4v) is 2.62. The number of rotatable bonds is 15. The van der Waals surface area contributed by atoms with Crippen LogP contribution in [0.1, 0.15) is 117 Å². The van der Waals surface area contributed by atoms with E-state index in [4.69, 9.17) is 0 Å². The average molecular weight is 294 g/mol. The molecule has 19 heavy (non-hydrogen) atoms. The summed E-state index contributed by atoms with van der Waals surface area (Å²) in [5.41, 5.74) is 0. The quantitative estimate of drug-likeness (QED) is 0.228. The minimum Gasteiger partial charge on any atom is -0.0654 e. The van der Waals surface area contributed by atoms with Gasteiger partial charge in [0.25, 0.3) is 0 Å². The zero-order valence-electron chi connectivity index (χ0n) is 14.3. The Kier molecular flexibility index (Phi) is 26.4. The summed E-state index contributed by atoms with van der Waals surface area (Å²) in [7, 11) is 0. The summed E-state index contributed by atoms with van der Waals surface area (Å²) >= 11 is 0. The van der Waals surface area contributed by atoms with E-state index in [2.05, 4.69) is 13.8 Å². The number of hydrogen-bond donors (Lipinski definition) is 0. The van der Waals surface area contributed by atoms with Gasteiger partial charge in [-0.15, -0.1) is 0 Å². The summed E-state index contributed by atoms with van der Waals surface area (Å²) in [6.07, 6.45) is 23.4. The molecule has 0 aliphatic carbocycles. The van der Waals surface area contributed by atoms with Crippen molar-refractivity contribution in [3.8, 4) is 0 Å². The van der Waals surface area contributed by atoms with Gasteiger partial charge in [-0.2, -0.15) is 0 Å². The zero-order chi connectivity index (χ0) is 13.3. The molecule has 0 aromatic rings. The van der Waals surface area contributed by atoms with E-state index in [1.807, 2.05) is 0 Å². The van der Waals surface area contributed by atoms with Gasteiger partial charge in [0.1, 0.15) is 0 Å². The van der Waals surface area contributed by atoms with Gasteiger partial charge in [-0.1, -0.05) is 117 Å². The normalized spacial score (nSPS) is 10.4. The van der Waals surface area contributed by atoms with Crippen LogP contribution in [0, 0.1) is 0 Å². The van der Waals surface area contributed by atoms with Crippen LogP contribution in [0.4, 0.5) is 0 Å². The third-order valence-electron chi connectivity index (χ3n) is 3.96. The van der Waals surface area contributed by atoms with E-state index >= 15 is 0 Å². The Morgan fingerprint density at radius 3 is 0.632 bits per heavy atom. The molecule has 1 heteroatoms. The van der Waals surface area contributed by atoms with E-state index in [9.17, 15) is 0 Å². The van der Waals surface area contributed by atoms with Crippen LogP contribution >= 0.6 is 0 Å².